The number of nitrogens with two attached hydrogens (primary N) is 1. The zero-order valence-corrected chi connectivity index (χ0v) is 10.7. The molecule has 0 unspecified atom stereocenters. The van der Waals surface area contributed by atoms with Crippen molar-refractivity contribution in [2.24, 2.45) is 5.73 Å². The van der Waals surface area contributed by atoms with E-state index in [9.17, 15) is 19.7 Å². The van der Waals surface area contributed by atoms with Gasteiger partial charge in [-0.3, -0.25) is 19.7 Å². The smallest absolute Gasteiger partial charge is 0.321 e. The van der Waals surface area contributed by atoms with Crippen LogP contribution >= 0.6 is 0 Å². The second kappa shape index (κ2) is 6.62. The minimum absolute atomic E-state index is 0.171. The van der Waals surface area contributed by atoms with Gasteiger partial charge in [0.25, 0.3) is 5.69 Å². The molecule has 1 rings (SSSR count). The number of nitrogens with zero attached hydrogens (tertiary/aromatic N) is 1. The van der Waals surface area contributed by atoms with E-state index >= 15 is 0 Å². The number of carboxylic acids is 1. The van der Waals surface area contributed by atoms with E-state index in [2.05, 4.69) is 0 Å². The van der Waals surface area contributed by atoms with Crippen molar-refractivity contribution in [2.75, 3.05) is 0 Å². The highest BCUT2D eigenvalue weighted by atomic mass is 16.6. The number of ether oxygens (including phenoxy) is 1. The summed E-state index contributed by atoms with van der Waals surface area (Å²) < 4.78 is 4.96. The van der Waals surface area contributed by atoms with E-state index in [1.807, 2.05) is 0 Å². The predicted octanol–water partition coefficient (Wildman–Crippen LogP) is 1.00. The molecule has 0 aromatic heterocycles. The molecule has 0 heterocycles. The number of hydrogen-bond donors (Lipinski definition) is 2. The van der Waals surface area contributed by atoms with Crippen LogP contribution in [-0.2, 0) is 14.3 Å². The average Bonchev–Trinajstić information content (AvgIpc) is 2.38. The Kier molecular flexibility index (Phi) is 5.15. The summed E-state index contributed by atoms with van der Waals surface area (Å²) in [5.41, 5.74) is 5.26. The molecule has 0 aliphatic heterocycles. The molecule has 0 spiro atoms. The van der Waals surface area contributed by atoms with Crippen molar-refractivity contribution in [3.8, 4) is 0 Å². The Hall–Kier alpha value is -2.48. The first-order valence-electron chi connectivity index (χ1n) is 5.74. The monoisotopic (exact) mass is 282 g/mol. The molecule has 0 aliphatic rings. The summed E-state index contributed by atoms with van der Waals surface area (Å²) in [7, 11) is 0. The number of nitro groups is 1. The van der Waals surface area contributed by atoms with Gasteiger partial charge in [0, 0.05) is 6.07 Å². The van der Waals surface area contributed by atoms with Gasteiger partial charge in [-0.2, -0.15) is 0 Å². The molecule has 1 aromatic carbocycles. The Balaban J connectivity index is 2.77. The lowest BCUT2D eigenvalue weighted by Crippen LogP contribution is -2.33. The number of benzene rings is 1. The van der Waals surface area contributed by atoms with E-state index in [1.54, 1.807) is 6.07 Å². The van der Waals surface area contributed by atoms with Crippen molar-refractivity contribution in [1.82, 2.24) is 0 Å². The van der Waals surface area contributed by atoms with Gasteiger partial charge in [0.15, 0.2) is 0 Å². The van der Waals surface area contributed by atoms with Crippen LogP contribution in [0.5, 0.6) is 0 Å². The molecule has 0 saturated carbocycles. The van der Waals surface area contributed by atoms with Crippen LogP contribution in [0.3, 0.4) is 0 Å². The van der Waals surface area contributed by atoms with Crippen LogP contribution in [0, 0.1) is 10.1 Å². The maximum absolute atomic E-state index is 11.5. The predicted molar refractivity (Wildman–Crippen MR) is 67.8 cm³/mol. The summed E-state index contributed by atoms with van der Waals surface area (Å²) in [5.74, 6) is -2.15. The van der Waals surface area contributed by atoms with Crippen molar-refractivity contribution in [2.45, 2.75) is 25.5 Å². The van der Waals surface area contributed by atoms with Gasteiger partial charge in [-0.25, -0.2) is 0 Å². The normalized spacial score (nSPS) is 13.3. The Bertz CT molecular complexity index is 530. The van der Waals surface area contributed by atoms with E-state index in [0.29, 0.717) is 0 Å². The summed E-state index contributed by atoms with van der Waals surface area (Å²) in [4.78, 5) is 32.3. The lowest BCUT2D eigenvalue weighted by atomic mass is 10.1. The number of carbonyl (C=O) groups is 2. The molecule has 8 nitrogen and oxygen atoms in total. The van der Waals surface area contributed by atoms with E-state index in [-0.39, 0.29) is 11.3 Å². The molecule has 0 amide bonds. The number of rotatable bonds is 6. The quantitative estimate of drug-likeness (QED) is 0.451. The first-order chi connectivity index (χ1) is 9.32. The molecule has 0 fully saturated rings. The fraction of sp³-hybridized carbons (Fsp3) is 0.333. The molecular formula is C12H14N2O6. The van der Waals surface area contributed by atoms with Crippen LogP contribution < -0.4 is 5.73 Å². The van der Waals surface area contributed by atoms with Gasteiger partial charge in [0.1, 0.15) is 12.1 Å². The van der Waals surface area contributed by atoms with Gasteiger partial charge in [-0.15, -0.1) is 0 Å². The Morgan fingerprint density at radius 1 is 1.45 bits per heavy atom. The molecule has 108 valence electrons. The SMILES string of the molecule is C[C@@H](OC(=O)C[C@H](N)C(=O)O)c1ccccc1[N+](=O)[O-]. The van der Waals surface area contributed by atoms with E-state index in [1.165, 1.54) is 25.1 Å². The van der Waals surface area contributed by atoms with Gasteiger partial charge >= 0.3 is 11.9 Å². The van der Waals surface area contributed by atoms with Gasteiger partial charge in [-0.05, 0) is 13.0 Å². The molecule has 0 saturated heterocycles. The molecule has 1 aromatic rings. The van der Waals surface area contributed by atoms with Gasteiger partial charge < -0.3 is 15.6 Å². The van der Waals surface area contributed by atoms with Crippen LogP contribution in [0.15, 0.2) is 24.3 Å². The lowest BCUT2D eigenvalue weighted by molar-refractivity contribution is -0.386. The second-order valence-electron chi connectivity index (χ2n) is 4.10. The maximum atomic E-state index is 11.5. The summed E-state index contributed by atoms with van der Waals surface area (Å²) in [6, 6.07) is 4.47. The lowest BCUT2D eigenvalue weighted by Gasteiger charge is -2.14. The number of nitro benzene ring substituents is 1. The number of aliphatic carboxylic acids is 1. The highest BCUT2D eigenvalue weighted by Gasteiger charge is 2.23. The summed E-state index contributed by atoms with van der Waals surface area (Å²) in [5, 5.41) is 19.4. The number of para-hydroxylation sites is 1. The molecule has 8 heteroatoms. The maximum Gasteiger partial charge on any atom is 0.321 e. The van der Waals surface area contributed by atoms with E-state index < -0.39 is 35.4 Å². The summed E-state index contributed by atoms with van der Waals surface area (Å²) in [6.45, 7) is 1.46. The fourth-order valence-electron chi connectivity index (χ4n) is 1.57. The molecule has 0 aliphatic carbocycles. The molecule has 3 N–H and O–H groups in total. The number of hydrogen-bond acceptors (Lipinski definition) is 6. The fourth-order valence-corrected chi connectivity index (χ4v) is 1.57. The standard InChI is InChI=1S/C12H14N2O6/c1-7(20-11(15)6-9(13)12(16)17)8-4-2-3-5-10(8)14(18)19/h2-5,7,9H,6,13H2,1H3,(H,16,17)/t7-,9+/m1/s1. The molecule has 20 heavy (non-hydrogen) atoms. The summed E-state index contributed by atoms with van der Waals surface area (Å²) >= 11 is 0. The Morgan fingerprint density at radius 3 is 2.60 bits per heavy atom. The third-order valence-electron chi connectivity index (χ3n) is 2.58. The third kappa shape index (κ3) is 4.02. The van der Waals surface area contributed by atoms with Gasteiger partial charge in [0.05, 0.1) is 16.9 Å². The number of carboxylic acid groups (broad SMARTS) is 1. The van der Waals surface area contributed by atoms with Crippen LogP contribution in [-0.4, -0.2) is 28.0 Å². The second-order valence-corrected chi connectivity index (χ2v) is 4.10. The van der Waals surface area contributed by atoms with Crippen LogP contribution in [0.25, 0.3) is 0 Å². The molecule has 2 atom stereocenters. The molecular weight excluding hydrogens is 268 g/mol. The first kappa shape index (κ1) is 15.6. The molecule has 0 bridgehead atoms. The van der Waals surface area contributed by atoms with Crippen molar-refractivity contribution in [3.63, 3.8) is 0 Å². The zero-order chi connectivity index (χ0) is 15.3. The molecule has 0 radical (unpaired) electrons. The minimum Gasteiger partial charge on any atom is -0.480 e. The van der Waals surface area contributed by atoms with Crippen molar-refractivity contribution < 1.29 is 24.4 Å². The summed E-state index contributed by atoms with van der Waals surface area (Å²) in [6.07, 6.45) is -1.37. The van der Waals surface area contributed by atoms with Crippen molar-refractivity contribution in [1.29, 1.82) is 0 Å². The van der Waals surface area contributed by atoms with E-state index in [0.717, 1.165) is 0 Å². The largest absolute Gasteiger partial charge is 0.480 e. The average molecular weight is 282 g/mol. The highest BCUT2D eigenvalue weighted by Crippen LogP contribution is 2.27. The van der Waals surface area contributed by atoms with Crippen LogP contribution in [0.1, 0.15) is 25.0 Å². The number of esters is 1. The van der Waals surface area contributed by atoms with Gasteiger partial charge in [0.2, 0.25) is 0 Å². The Labute approximate surface area is 114 Å². The number of carbonyl (C=O) groups excluding carboxylic acids is 1. The first-order valence-corrected chi connectivity index (χ1v) is 5.74. The van der Waals surface area contributed by atoms with E-state index in [4.69, 9.17) is 15.6 Å². The van der Waals surface area contributed by atoms with Crippen LogP contribution in [0.2, 0.25) is 0 Å². The van der Waals surface area contributed by atoms with Crippen molar-refractivity contribution >= 4 is 17.6 Å². The van der Waals surface area contributed by atoms with Crippen LogP contribution in [0.4, 0.5) is 5.69 Å². The topological polar surface area (TPSA) is 133 Å². The van der Waals surface area contributed by atoms with Gasteiger partial charge in [-0.1, -0.05) is 12.1 Å². The Morgan fingerprint density at radius 2 is 2.05 bits per heavy atom. The highest BCUT2D eigenvalue weighted by molar-refractivity contribution is 5.81. The minimum atomic E-state index is -1.36. The van der Waals surface area contributed by atoms with Crippen molar-refractivity contribution in [3.05, 3.63) is 39.9 Å². The zero-order valence-electron chi connectivity index (χ0n) is 10.7. The third-order valence-corrected chi connectivity index (χ3v) is 2.58.